The molecule has 2 rings (SSSR count). The zero-order chi connectivity index (χ0) is 16.8. The highest BCUT2D eigenvalue weighted by molar-refractivity contribution is 5.82. The van der Waals surface area contributed by atoms with Gasteiger partial charge in [-0.15, -0.1) is 0 Å². The Bertz CT molecular complexity index is 574. The van der Waals surface area contributed by atoms with Crippen molar-refractivity contribution >= 4 is 11.9 Å². The van der Waals surface area contributed by atoms with Crippen molar-refractivity contribution < 1.29 is 23.5 Å². The number of carbonyl (C=O) groups is 2. The van der Waals surface area contributed by atoms with Crippen LogP contribution >= 0.6 is 0 Å². The lowest BCUT2D eigenvalue weighted by molar-refractivity contribution is -0.138. The first-order valence-electron chi connectivity index (χ1n) is 7.62. The maximum Gasteiger partial charge on any atom is 0.322 e. The zero-order valence-electron chi connectivity index (χ0n) is 12.7. The van der Waals surface area contributed by atoms with Crippen LogP contribution in [0.2, 0.25) is 0 Å². The van der Waals surface area contributed by atoms with Gasteiger partial charge in [-0.05, 0) is 31.0 Å². The molecule has 5 nitrogen and oxygen atoms in total. The first kappa shape index (κ1) is 17.3. The van der Waals surface area contributed by atoms with Crippen molar-refractivity contribution in [3.05, 3.63) is 35.4 Å². The Hall–Kier alpha value is -2.02. The summed E-state index contributed by atoms with van der Waals surface area (Å²) in [4.78, 5) is 24.2. The van der Waals surface area contributed by atoms with E-state index in [1.54, 1.807) is 4.90 Å². The van der Waals surface area contributed by atoms with Crippen molar-refractivity contribution in [2.45, 2.75) is 38.3 Å². The van der Waals surface area contributed by atoms with Crippen LogP contribution in [0.4, 0.5) is 8.78 Å². The molecule has 2 N–H and O–H groups in total. The maximum absolute atomic E-state index is 13.8. The first-order valence-corrected chi connectivity index (χ1v) is 7.62. The molecule has 0 atom stereocenters. The van der Waals surface area contributed by atoms with Crippen LogP contribution in [0.1, 0.15) is 31.2 Å². The molecule has 1 aliphatic carbocycles. The van der Waals surface area contributed by atoms with Crippen LogP contribution in [0.5, 0.6) is 0 Å². The second-order valence-electron chi connectivity index (χ2n) is 5.75. The molecule has 0 bridgehead atoms. The van der Waals surface area contributed by atoms with Crippen molar-refractivity contribution in [3.8, 4) is 0 Å². The zero-order valence-corrected chi connectivity index (χ0v) is 12.7. The molecule has 1 aliphatic rings. The van der Waals surface area contributed by atoms with Crippen LogP contribution in [-0.4, -0.2) is 41.0 Å². The number of halogens is 2. The summed E-state index contributed by atoms with van der Waals surface area (Å²) in [6.45, 7) is -0.367. The Morgan fingerprint density at radius 3 is 2.61 bits per heavy atom. The third kappa shape index (κ3) is 5.28. The number of hydrogen-bond donors (Lipinski definition) is 2. The molecule has 0 aromatic heterocycles. The Morgan fingerprint density at radius 1 is 1.26 bits per heavy atom. The fraction of sp³-hybridized carbons (Fsp3) is 0.500. The van der Waals surface area contributed by atoms with Gasteiger partial charge in [0.25, 0.3) is 0 Å². The lowest BCUT2D eigenvalue weighted by atomic mass is 10.1. The summed E-state index contributed by atoms with van der Waals surface area (Å²) in [6.07, 6.45) is 3.85. The second-order valence-corrected chi connectivity index (χ2v) is 5.75. The number of benzene rings is 1. The van der Waals surface area contributed by atoms with E-state index in [1.807, 2.05) is 0 Å². The van der Waals surface area contributed by atoms with Crippen molar-refractivity contribution in [2.75, 3.05) is 13.1 Å². The molecule has 1 fully saturated rings. The lowest BCUT2D eigenvalue weighted by Gasteiger charge is -2.28. The smallest absolute Gasteiger partial charge is 0.322 e. The second kappa shape index (κ2) is 8.01. The van der Waals surface area contributed by atoms with Crippen molar-refractivity contribution in [2.24, 2.45) is 0 Å². The SMILES string of the molecule is O=C(O)CNC(=O)CN(Cc1cc(F)ccc1F)C1CCCC1. The quantitative estimate of drug-likeness (QED) is 0.803. The molecule has 1 aromatic carbocycles. The molecule has 1 aromatic rings. The van der Waals surface area contributed by atoms with Gasteiger partial charge in [0, 0.05) is 18.2 Å². The number of carboxylic acid groups (broad SMARTS) is 1. The van der Waals surface area contributed by atoms with Gasteiger partial charge < -0.3 is 10.4 Å². The highest BCUT2D eigenvalue weighted by Gasteiger charge is 2.25. The molecular weight excluding hydrogens is 306 g/mol. The average Bonchev–Trinajstić information content (AvgIpc) is 3.02. The van der Waals surface area contributed by atoms with E-state index in [0.717, 1.165) is 43.9 Å². The molecule has 7 heteroatoms. The largest absolute Gasteiger partial charge is 0.480 e. The maximum atomic E-state index is 13.8. The van der Waals surface area contributed by atoms with Crippen LogP contribution in [0.3, 0.4) is 0 Å². The summed E-state index contributed by atoms with van der Waals surface area (Å²) in [5, 5.41) is 10.9. The molecule has 0 saturated heterocycles. The summed E-state index contributed by atoms with van der Waals surface area (Å²) in [5.74, 6) is -2.60. The van der Waals surface area contributed by atoms with Gasteiger partial charge in [-0.3, -0.25) is 14.5 Å². The minimum Gasteiger partial charge on any atom is -0.480 e. The van der Waals surface area contributed by atoms with Crippen LogP contribution in [0, 0.1) is 11.6 Å². The lowest BCUT2D eigenvalue weighted by Crippen LogP contribution is -2.43. The normalized spacial score (nSPS) is 15.1. The van der Waals surface area contributed by atoms with E-state index < -0.39 is 30.1 Å². The summed E-state index contributed by atoms with van der Waals surface area (Å²) in [5.41, 5.74) is 0.197. The van der Waals surface area contributed by atoms with E-state index in [4.69, 9.17) is 5.11 Å². The Morgan fingerprint density at radius 2 is 1.96 bits per heavy atom. The minimum atomic E-state index is -1.12. The third-order valence-electron chi connectivity index (χ3n) is 4.01. The molecule has 0 unspecified atom stereocenters. The number of amides is 1. The van der Waals surface area contributed by atoms with Crippen molar-refractivity contribution in [1.29, 1.82) is 0 Å². The van der Waals surface area contributed by atoms with E-state index in [0.29, 0.717) is 0 Å². The van der Waals surface area contributed by atoms with Gasteiger partial charge in [0.15, 0.2) is 0 Å². The fourth-order valence-corrected chi connectivity index (χ4v) is 2.88. The Labute approximate surface area is 133 Å². The molecule has 1 saturated carbocycles. The molecule has 126 valence electrons. The number of nitrogens with zero attached hydrogens (tertiary/aromatic N) is 1. The van der Waals surface area contributed by atoms with Crippen LogP contribution < -0.4 is 5.32 Å². The van der Waals surface area contributed by atoms with Crippen molar-refractivity contribution in [1.82, 2.24) is 10.2 Å². The fourth-order valence-electron chi connectivity index (χ4n) is 2.88. The predicted octanol–water partition coefficient (Wildman–Crippen LogP) is 1.91. The van der Waals surface area contributed by atoms with Crippen LogP contribution in [0.15, 0.2) is 18.2 Å². The molecule has 1 amide bonds. The van der Waals surface area contributed by atoms with Gasteiger partial charge in [0.1, 0.15) is 18.2 Å². The standard InChI is InChI=1S/C16H20F2N2O3/c17-12-5-6-14(18)11(7-12)9-20(13-3-1-2-4-13)10-15(21)19-8-16(22)23/h5-7,13H,1-4,8-10H2,(H,19,21)(H,22,23). The first-order chi connectivity index (χ1) is 11.0. The molecule has 0 aliphatic heterocycles. The summed E-state index contributed by atoms with van der Waals surface area (Å²) < 4.78 is 27.2. The number of aliphatic carboxylic acids is 1. The van der Waals surface area contributed by atoms with E-state index in [2.05, 4.69) is 5.32 Å². The average molecular weight is 326 g/mol. The Kier molecular flexibility index (Phi) is 6.04. The highest BCUT2D eigenvalue weighted by atomic mass is 19.1. The van der Waals surface area contributed by atoms with E-state index in [1.165, 1.54) is 0 Å². The minimum absolute atomic E-state index is 0.0338. The Balaban J connectivity index is 2.06. The predicted molar refractivity (Wildman–Crippen MR) is 79.7 cm³/mol. The molecule has 0 spiro atoms. The van der Waals surface area contributed by atoms with Gasteiger partial charge in [-0.1, -0.05) is 12.8 Å². The van der Waals surface area contributed by atoms with E-state index in [-0.39, 0.29) is 24.7 Å². The van der Waals surface area contributed by atoms with E-state index >= 15 is 0 Å². The molecule has 23 heavy (non-hydrogen) atoms. The molecule has 0 heterocycles. The number of nitrogens with one attached hydrogen (secondary N) is 1. The van der Waals surface area contributed by atoms with Crippen LogP contribution in [-0.2, 0) is 16.1 Å². The summed E-state index contributed by atoms with van der Waals surface area (Å²) in [6, 6.07) is 3.38. The summed E-state index contributed by atoms with van der Waals surface area (Å²) >= 11 is 0. The highest BCUT2D eigenvalue weighted by Crippen LogP contribution is 2.25. The van der Waals surface area contributed by atoms with Gasteiger partial charge in [-0.25, -0.2) is 8.78 Å². The van der Waals surface area contributed by atoms with Crippen LogP contribution in [0.25, 0.3) is 0 Å². The van der Waals surface area contributed by atoms with Gasteiger partial charge >= 0.3 is 5.97 Å². The van der Waals surface area contributed by atoms with Gasteiger partial charge in [0.05, 0.1) is 6.54 Å². The molecule has 0 radical (unpaired) electrons. The monoisotopic (exact) mass is 326 g/mol. The summed E-state index contributed by atoms with van der Waals surface area (Å²) in [7, 11) is 0. The number of hydrogen-bond acceptors (Lipinski definition) is 3. The van der Waals surface area contributed by atoms with Crippen molar-refractivity contribution in [3.63, 3.8) is 0 Å². The number of rotatable bonds is 7. The van der Waals surface area contributed by atoms with Gasteiger partial charge in [0.2, 0.25) is 5.91 Å². The van der Waals surface area contributed by atoms with Gasteiger partial charge in [-0.2, -0.15) is 0 Å². The number of carbonyl (C=O) groups excluding carboxylic acids is 1. The van der Waals surface area contributed by atoms with E-state index in [9.17, 15) is 18.4 Å². The number of carboxylic acids is 1. The molecular formula is C16H20F2N2O3. The third-order valence-corrected chi connectivity index (χ3v) is 4.01. The topological polar surface area (TPSA) is 69.6 Å².